The smallest absolute Gasteiger partial charge is 0.240 e. The largest absolute Gasteiger partial charge is 0.352 e. The molecule has 3 heteroatoms. The normalized spacial score (nSPS) is 30.6. The van der Waals surface area contributed by atoms with Crippen LogP contribution in [0.15, 0.2) is 0 Å². The van der Waals surface area contributed by atoms with E-state index < -0.39 is 0 Å². The molecule has 2 aliphatic rings. The summed E-state index contributed by atoms with van der Waals surface area (Å²) >= 11 is 0. The second kappa shape index (κ2) is 6.05. The summed E-state index contributed by atoms with van der Waals surface area (Å²) in [5.41, 5.74) is -0.262. The highest BCUT2D eigenvalue weighted by Gasteiger charge is 2.40. The van der Waals surface area contributed by atoms with Crippen molar-refractivity contribution in [2.75, 3.05) is 6.54 Å². The van der Waals surface area contributed by atoms with Crippen LogP contribution in [-0.2, 0) is 4.79 Å². The van der Waals surface area contributed by atoms with E-state index in [1.165, 1.54) is 25.7 Å². The Bertz CT molecular complexity index is 278. The predicted octanol–water partition coefficient (Wildman–Crippen LogP) is 2.60. The predicted molar refractivity (Wildman–Crippen MR) is 74.4 cm³/mol. The van der Waals surface area contributed by atoms with Crippen LogP contribution < -0.4 is 10.6 Å². The third kappa shape index (κ3) is 2.87. The van der Waals surface area contributed by atoms with Gasteiger partial charge < -0.3 is 10.6 Å². The summed E-state index contributed by atoms with van der Waals surface area (Å²) < 4.78 is 0. The van der Waals surface area contributed by atoms with Crippen LogP contribution in [0.25, 0.3) is 0 Å². The van der Waals surface area contributed by atoms with Crippen molar-refractivity contribution in [3.05, 3.63) is 0 Å². The van der Waals surface area contributed by atoms with Gasteiger partial charge in [-0.1, -0.05) is 26.2 Å². The second-order valence-corrected chi connectivity index (χ2v) is 6.17. The first-order chi connectivity index (χ1) is 8.68. The number of amides is 1. The van der Waals surface area contributed by atoms with Gasteiger partial charge in [-0.25, -0.2) is 0 Å². The Morgan fingerprint density at radius 3 is 2.67 bits per heavy atom. The molecule has 1 unspecified atom stereocenters. The van der Waals surface area contributed by atoms with Gasteiger partial charge in [0.25, 0.3) is 0 Å². The van der Waals surface area contributed by atoms with Crippen molar-refractivity contribution >= 4 is 5.91 Å². The molecule has 2 atom stereocenters. The average molecular weight is 252 g/mol. The molecular weight excluding hydrogens is 224 g/mol. The summed E-state index contributed by atoms with van der Waals surface area (Å²) in [5, 5.41) is 6.74. The molecule has 1 heterocycles. The molecular formula is C15H28N2O. The summed E-state index contributed by atoms with van der Waals surface area (Å²) in [4.78, 5) is 12.6. The van der Waals surface area contributed by atoms with E-state index in [0.29, 0.717) is 12.0 Å². The second-order valence-electron chi connectivity index (χ2n) is 6.17. The molecule has 1 saturated heterocycles. The molecule has 0 aromatic rings. The van der Waals surface area contributed by atoms with Crippen LogP contribution in [0, 0.1) is 5.92 Å². The molecule has 18 heavy (non-hydrogen) atoms. The van der Waals surface area contributed by atoms with Crippen molar-refractivity contribution in [3.63, 3.8) is 0 Å². The van der Waals surface area contributed by atoms with Crippen LogP contribution in [0.2, 0.25) is 0 Å². The maximum Gasteiger partial charge on any atom is 0.240 e. The Kier molecular flexibility index (Phi) is 4.66. The molecule has 0 spiro atoms. The first-order valence-corrected chi connectivity index (χ1v) is 7.74. The zero-order chi connectivity index (χ0) is 13.0. The van der Waals surface area contributed by atoms with Gasteiger partial charge in [0.15, 0.2) is 0 Å². The molecule has 0 aromatic carbocycles. The van der Waals surface area contributed by atoms with E-state index in [9.17, 15) is 4.79 Å². The lowest BCUT2D eigenvalue weighted by atomic mass is 9.89. The van der Waals surface area contributed by atoms with E-state index in [2.05, 4.69) is 24.5 Å². The highest BCUT2D eigenvalue weighted by molar-refractivity contribution is 5.86. The van der Waals surface area contributed by atoms with Crippen molar-refractivity contribution in [3.8, 4) is 0 Å². The lowest BCUT2D eigenvalue weighted by Gasteiger charge is -2.31. The van der Waals surface area contributed by atoms with Gasteiger partial charge in [-0.05, 0) is 51.5 Å². The molecule has 1 amide bonds. The Hall–Kier alpha value is -0.570. The zero-order valence-corrected chi connectivity index (χ0v) is 11.9. The molecule has 1 aliphatic heterocycles. The minimum Gasteiger partial charge on any atom is -0.352 e. The topological polar surface area (TPSA) is 41.1 Å². The van der Waals surface area contributed by atoms with Gasteiger partial charge in [0.2, 0.25) is 5.91 Å². The summed E-state index contributed by atoms with van der Waals surface area (Å²) in [6, 6.07) is 0.344. The van der Waals surface area contributed by atoms with Gasteiger partial charge >= 0.3 is 0 Å². The van der Waals surface area contributed by atoms with Gasteiger partial charge in [-0.3, -0.25) is 4.79 Å². The quantitative estimate of drug-likeness (QED) is 0.789. The van der Waals surface area contributed by atoms with Crippen molar-refractivity contribution in [1.29, 1.82) is 0 Å². The minimum atomic E-state index is -0.262. The zero-order valence-electron chi connectivity index (χ0n) is 11.9. The highest BCUT2D eigenvalue weighted by Crippen LogP contribution is 2.29. The van der Waals surface area contributed by atoms with Crippen LogP contribution >= 0.6 is 0 Å². The van der Waals surface area contributed by atoms with Crippen LogP contribution in [0.5, 0.6) is 0 Å². The molecule has 0 aromatic heterocycles. The van der Waals surface area contributed by atoms with Crippen molar-refractivity contribution < 1.29 is 4.79 Å². The summed E-state index contributed by atoms with van der Waals surface area (Å²) in [6.45, 7) is 5.34. The Morgan fingerprint density at radius 2 is 2.11 bits per heavy atom. The van der Waals surface area contributed by atoms with Gasteiger partial charge in [0.1, 0.15) is 0 Å². The lowest BCUT2D eigenvalue weighted by Crippen LogP contribution is -2.56. The van der Waals surface area contributed by atoms with Crippen LogP contribution in [-0.4, -0.2) is 24.0 Å². The number of rotatable bonds is 5. The molecule has 3 nitrogen and oxygen atoms in total. The Balaban J connectivity index is 1.92. The molecule has 2 fully saturated rings. The van der Waals surface area contributed by atoms with Crippen molar-refractivity contribution in [2.45, 2.75) is 76.8 Å². The van der Waals surface area contributed by atoms with E-state index >= 15 is 0 Å². The molecule has 2 N–H and O–H groups in total. The number of nitrogens with one attached hydrogen (secondary N) is 2. The van der Waals surface area contributed by atoms with Gasteiger partial charge in [0.05, 0.1) is 5.54 Å². The fourth-order valence-electron chi connectivity index (χ4n) is 3.67. The molecule has 0 radical (unpaired) electrons. The van der Waals surface area contributed by atoms with E-state index in [0.717, 1.165) is 32.2 Å². The van der Waals surface area contributed by atoms with E-state index in [1.807, 2.05) is 0 Å². The van der Waals surface area contributed by atoms with Crippen LogP contribution in [0.3, 0.4) is 0 Å². The van der Waals surface area contributed by atoms with Crippen LogP contribution in [0.1, 0.15) is 65.2 Å². The van der Waals surface area contributed by atoms with Gasteiger partial charge in [0, 0.05) is 6.04 Å². The lowest BCUT2D eigenvalue weighted by molar-refractivity contribution is -0.128. The van der Waals surface area contributed by atoms with Crippen molar-refractivity contribution in [2.24, 2.45) is 5.92 Å². The SMILES string of the molecule is CCCC1(C(=O)N[C@H](C)C2CCCC2)CCCN1. The van der Waals surface area contributed by atoms with Crippen LogP contribution in [0.4, 0.5) is 0 Å². The fourth-order valence-corrected chi connectivity index (χ4v) is 3.67. The molecule has 1 saturated carbocycles. The maximum absolute atomic E-state index is 12.6. The monoisotopic (exact) mass is 252 g/mol. The number of carbonyl (C=O) groups is 1. The first-order valence-electron chi connectivity index (χ1n) is 7.74. The minimum absolute atomic E-state index is 0.251. The number of hydrogen-bond donors (Lipinski definition) is 2. The van der Waals surface area contributed by atoms with E-state index in [-0.39, 0.29) is 11.4 Å². The summed E-state index contributed by atoms with van der Waals surface area (Å²) in [5.74, 6) is 0.954. The third-order valence-corrected chi connectivity index (χ3v) is 4.82. The van der Waals surface area contributed by atoms with Gasteiger partial charge in [-0.2, -0.15) is 0 Å². The first kappa shape index (κ1) is 13.9. The highest BCUT2D eigenvalue weighted by atomic mass is 16.2. The summed E-state index contributed by atoms with van der Waals surface area (Å²) in [6.07, 6.45) is 9.42. The molecule has 0 bridgehead atoms. The summed E-state index contributed by atoms with van der Waals surface area (Å²) in [7, 11) is 0. The Labute approximate surface area is 111 Å². The standard InChI is InChI=1S/C15H28N2O/c1-3-9-15(10-6-11-16-15)14(18)17-12(2)13-7-4-5-8-13/h12-13,16H,3-11H2,1-2H3,(H,17,18)/t12-,15?/m1/s1. The average Bonchev–Trinajstić information content (AvgIpc) is 3.00. The molecule has 2 rings (SSSR count). The molecule has 104 valence electrons. The van der Waals surface area contributed by atoms with Crippen molar-refractivity contribution in [1.82, 2.24) is 10.6 Å². The third-order valence-electron chi connectivity index (χ3n) is 4.82. The molecule has 1 aliphatic carbocycles. The van der Waals surface area contributed by atoms with E-state index in [1.54, 1.807) is 0 Å². The van der Waals surface area contributed by atoms with E-state index in [4.69, 9.17) is 0 Å². The Morgan fingerprint density at radius 1 is 1.39 bits per heavy atom. The maximum atomic E-state index is 12.6. The fraction of sp³-hybridized carbons (Fsp3) is 0.933. The number of hydrogen-bond acceptors (Lipinski definition) is 2. The van der Waals surface area contributed by atoms with Gasteiger partial charge in [-0.15, -0.1) is 0 Å². The number of carbonyl (C=O) groups excluding carboxylic acids is 1.